The highest BCUT2D eigenvalue weighted by molar-refractivity contribution is 5.99. The van der Waals surface area contributed by atoms with E-state index in [1.807, 2.05) is 19.2 Å². The third-order valence-corrected chi connectivity index (χ3v) is 15.6. The van der Waals surface area contributed by atoms with Crippen molar-refractivity contribution < 1.29 is 0 Å². The van der Waals surface area contributed by atoms with E-state index in [9.17, 15) is 0 Å². The summed E-state index contributed by atoms with van der Waals surface area (Å²) in [6, 6.07) is 75.1. The fourth-order valence-corrected chi connectivity index (χ4v) is 12.5. The van der Waals surface area contributed by atoms with Gasteiger partial charge in [0, 0.05) is 23.0 Å². The van der Waals surface area contributed by atoms with Crippen molar-refractivity contribution in [1.82, 2.24) is 0 Å². The van der Waals surface area contributed by atoms with Crippen molar-refractivity contribution in [2.45, 2.75) is 50.4 Å². The first kappa shape index (κ1) is 45.5. The van der Waals surface area contributed by atoms with Crippen LogP contribution < -0.4 is 4.90 Å². The zero-order valence-electron chi connectivity index (χ0n) is 41.7. The number of fused-ring (bicyclic) bond motifs is 17. The van der Waals surface area contributed by atoms with Gasteiger partial charge in [-0.25, -0.2) is 0 Å². The maximum atomic E-state index is 5.20. The van der Waals surface area contributed by atoms with Crippen molar-refractivity contribution >= 4 is 40.1 Å². The van der Waals surface area contributed by atoms with Crippen LogP contribution in [0.3, 0.4) is 0 Å². The molecule has 0 bridgehead atoms. The minimum Gasteiger partial charge on any atom is -0.310 e. The number of hydrogen-bond donors (Lipinski definition) is 0. The largest absolute Gasteiger partial charge is 0.310 e. The fourth-order valence-electron chi connectivity index (χ4n) is 12.5. The van der Waals surface area contributed by atoms with Gasteiger partial charge >= 0.3 is 0 Å². The minimum atomic E-state index is -0.639. The summed E-state index contributed by atoms with van der Waals surface area (Å²) in [7, 11) is 0. The van der Waals surface area contributed by atoms with Crippen LogP contribution in [0.15, 0.2) is 260 Å². The first-order valence-corrected chi connectivity index (χ1v) is 25.9. The number of hydrogen-bond acceptors (Lipinski definition) is 2. The Hall–Kier alpha value is -8.59. The first-order valence-electron chi connectivity index (χ1n) is 25.9. The Bertz CT molecular complexity index is 3660. The Balaban J connectivity index is 0.000000726. The Kier molecular flexibility index (Phi) is 12.0. The van der Waals surface area contributed by atoms with Crippen LogP contribution in [0.5, 0.6) is 0 Å². The van der Waals surface area contributed by atoms with Gasteiger partial charge in [-0.1, -0.05) is 206 Å². The summed E-state index contributed by atoms with van der Waals surface area (Å²) >= 11 is 0. The van der Waals surface area contributed by atoms with Crippen molar-refractivity contribution in [3.63, 3.8) is 0 Å². The zero-order chi connectivity index (χ0) is 49.4. The van der Waals surface area contributed by atoms with Crippen molar-refractivity contribution in [3.05, 3.63) is 311 Å². The summed E-state index contributed by atoms with van der Waals surface area (Å²) in [6.07, 6.45) is 23.6. The second-order valence-electron chi connectivity index (χ2n) is 19.5. The van der Waals surface area contributed by atoms with Crippen molar-refractivity contribution in [2.75, 3.05) is 4.90 Å². The van der Waals surface area contributed by atoms with Crippen molar-refractivity contribution in [1.29, 1.82) is 0 Å². The lowest BCUT2D eigenvalue weighted by molar-refractivity contribution is 0.633. The smallest absolute Gasteiger partial charge is 0.0720 e. The highest BCUT2D eigenvalue weighted by atomic mass is 15.1. The van der Waals surface area contributed by atoms with Crippen LogP contribution in [-0.4, -0.2) is 6.21 Å². The molecule has 0 saturated heterocycles. The Morgan fingerprint density at radius 2 is 1.12 bits per heavy atom. The van der Waals surface area contributed by atoms with Crippen LogP contribution in [0.25, 0.3) is 39.1 Å². The molecule has 73 heavy (non-hydrogen) atoms. The molecule has 2 spiro atoms. The van der Waals surface area contributed by atoms with Gasteiger partial charge in [0.25, 0.3) is 0 Å². The van der Waals surface area contributed by atoms with Gasteiger partial charge in [0.05, 0.1) is 22.2 Å². The summed E-state index contributed by atoms with van der Waals surface area (Å²) in [6.45, 7) is 7.78. The van der Waals surface area contributed by atoms with Crippen LogP contribution in [-0.2, 0) is 10.8 Å². The van der Waals surface area contributed by atoms with Gasteiger partial charge in [-0.2, -0.15) is 0 Å². The van der Waals surface area contributed by atoms with Crippen LogP contribution in [0.4, 0.5) is 17.1 Å². The molecule has 0 amide bonds. The third kappa shape index (κ3) is 7.35. The second kappa shape index (κ2) is 19.2. The van der Waals surface area contributed by atoms with E-state index in [-0.39, 0.29) is 0 Å². The third-order valence-electron chi connectivity index (χ3n) is 15.6. The molecule has 9 aromatic rings. The van der Waals surface area contributed by atoms with Crippen LogP contribution in [0.1, 0.15) is 88.2 Å². The maximum absolute atomic E-state index is 5.20. The monoisotopic (exact) mass is 938 g/mol. The second-order valence-corrected chi connectivity index (χ2v) is 19.5. The lowest BCUT2D eigenvalue weighted by Gasteiger charge is -2.49. The molecule has 4 aliphatic rings. The summed E-state index contributed by atoms with van der Waals surface area (Å²) < 4.78 is 0. The summed E-state index contributed by atoms with van der Waals surface area (Å²) in [5.74, 6) is 0. The Labute approximate surface area is 431 Å². The molecule has 0 saturated carbocycles. The number of aryl methyl sites for hydroxylation is 1. The van der Waals surface area contributed by atoms with E-state index in [4.69, 9.17) is 4.99 Å². The summed E-state index contributed by atoms with van der Waals surface area (Å²) in [5, 5.41) is 2.45. The van der Waals surface area contributed by atoms with Gasteiger partial charge in [0.15, 0.2) is 0 Å². The molecule has 9 aromatic carbocycles. The molecule has 0 heterocycles. The number of rotatable bonds is 9. The van der Waals surface area contributed by atoms with Gasteiger partial charge in [0.2, 0.25) is 0 Å². The van der Waals surface area contributed by atoms with E-state index < -0.39 is 10.8 Å². The Morgan fingerprint density at radius 1 is 0.548 bits per heavy atom. The van der Waals surface area contributed by atoms with Crippen molar-refractivity contribution in [3.8, 4) is 22.3 Å². The SMILES string of the molecule is C=CCC/C=C\C.Cc1ccccc1/C=C\C=Nc1ccc2c(c1)C1(c3ccccc3-c3ccccc31)c1ccc(N(C3=CCCC=C3)c3cccc4ccccc34)cc1C21c2ccccc2-c2ccccc21. The molecule has 0 aromatic heterocycles. The maximum Gasteiger partial charge on any atom is 0.0720 e. The van der Waals surface area contributed by atoms with Gasteiger partial charge in [-0.05, 0) is 165 Å². The van der Waals surface area contributed by atoms with Gasteiger partial charge < -0.3 is 4.90 Å². The van der Waals surface area contributed by atoms with E-state index >= 15 is 0 Å². The number of nitrogens with zero attached hydrogens (tertiary/aromatic N) is 2. The topological polar surface area (TPSA) is 15.6 Å². The average Bonchev–Trinajstić information content (AvgIpc) is 3.92. The molecule has 0 aliphatic heterocycles. The van der Waals surface area contributed by atoms with Gasteiger partial charge in [-0.3, -0.25) is 4.99 Å². The predicted octanol–water partition coefficient (Wildman–Crippen LogP) is 18.5. The zero-order valence-corrected chi connectivity index (χ0v) is 41.7. The molecule has 2 heteroatoms. The lowest BCUT2D eigenvalue weighted by Crippen LogP contribution is -2.44. The molecule has 4 aliphatic carbocycles. The quantitative estimate of drug-likeness (QED) is 0.0800. The van der Waals surface area contributed by atoms with E-state index in [1.165, 1.54) is 100 Å². The van der Waals surface area contributed by atoms with Crippen LogP contribution in [0.2, 0.25) is 0 Å². The molecule has 0 N–H and O–H groups in total. The standard InChI is InChI=1S/C64H46N2.C7H12/c1-43-19-5-6-20-44(43)23-18-40-65-46-36-38-58-60(41-46)63(54-31-13-9-27-50(54)51-28-10-14-32-55(51)63)59-39-37-48(42-61(59)64(58)56-33-15-11-29-52(56)53-30-12-16-34-57(53)64)66(47-24-3-2-4-25-47)62-35-17-22-45-21-7-8-26-49(45)62;1-3-5-7-6-4-2/h3,5-42H,2,4H2,1H3;3-4,6H,1,5,7H2,2H3/b23-18-,65-40?;6-4-. The van der Waals surface area contributed by atoms with Crippen LogP contribution in [0, 0.1) is 6.92 Å². The summed E-state index contributed by atoms with van der Waals surface area (Å²) in [4.78, 5) is 7.72. The number of unbranched alkanes of at least 4 members (excludes halogenated alkanes) is 1. The first-order chi connectivity index (χ1) is 36.1. The van der Waals surface area contributed by atoms with Gasteiger partial charge in [0.1, 0.15) is 0 Å². The normalized spacial score (nSPS) is 14.8. The predicted molar refractivity (Wildman–Crippen MR) is 310 cm³/mol. The minimum absolute atomic E-state index is 0.634. The van der Waals surface area contributed by atoms with E-state index in [0.29, 0.717) is 0 Å². The van der Waals surface area contributed by atoms with E-state index in [2.05, 4.69) is 261 Å². The lowest BCUT2D eigenvalue weighted by atomic mass is 9.52. The molecule has 0 fully saturated rings. The molecule has 13 rings (SSSR count). The van der Waals surface area contributed by atoms with Gasteiger partial charge in [-0.15, -0.1) is 6.58 Å². The molecule has 0 radical (unpaired) electrons. The number of allylic oxidation sites excluding steroid dienone is 7. The van der Waals surface area contributed by atoms with E-state index in [0.717, 1.165) is 37.1 Å². The van der Waals surface area contributed by atoms with E-state index in [1.54, 1.807) is 0 Å². The number of anilines is 2. The fraction of sp³-hybridized carbons (Fsp3) is 0.113. The molecular formula is C71H58N2. The highest BCUT2D eigenvalue weighted by Crippen LogP contribution is 2.68. The van der Waals surface area contributed by atoms with Crippen molar-refractivity contribution in [2.24, 2.45) is 4.99 Å². The highest BCUT2D eigenvalue weighted by Gasteiger charge is 2.59. The number of aliphatic imine (C=N–C) groups is 1. The Morgan fingerprint density at radius 3 is 1.74 bits per heavy atom. The molecule has 0 unspecified atom stereocenters. The summed E-state index contributed by atoms with van der Waals surface area (Å²) in [5.41, 5.74) is 21.1. The number of benzene rings is 9. The molecular weight excluding hydrogens is 881 g/mol. The molecule has 2 nitrogen and oxygen atoms in total. The van der Waals surface area contributed by atoms with Crippen LogP contribution >= 0.6 is 0 Å². The average molecular weight is 939 g/mol. The molecule has 0 atom stereocenters. The molecule has 352 valence electrons.